The Bertz CT molecular complexity index is 382. The summed E-state index contributed by atoms with van der Waals surface area (Å²) in [5.74, 6) is 0.0638. The number of hydrogen-bond acceptors (Lipinski definition) is 2. The molecule has 1 aliphatic heterocycles. The zero-order valence-corrected chi connectivity index (χ0v) is 9.88. The van der Waals surface area contributed by atoms with Crippen LogP contribution in [-0.2, 0) is 11.2 Å². The van der Waals surface area contributed by atoms with Crippen molar-refractivity contribution in [2.75, 3.05) is 13.1 Å². The van der Waals surface area contributed by atoms with Gasteiger partial charge in [0.15, 0.2) is 0 Å². The molecule has 1 aromatic rings. The van der Waals surface area contributed by atoms with Crippen molar-refractivity contribution in [3.05, 3.63) is 35.9 Å². The highest BCUT2D eigenvalue weighted by Gasteiger charge is 2.25. The molecule has 1 radical (unpaired) electrons. The van der Waals surface area contributed by atoms with Gasteiger partial charge < -0.3 is 4.90 Å². The second-order valence-electron chi connectivity index (χ2n) is 4.39. The lowest BCUT2D eigenvalue weighted by Gasteiger charge is -2.20. The summed E-state index contributed by atoms with van der Waals surface area (Å²) in [6, 6.07) is 9.44. The van der Waals surface area contributed by atoms with Crippen molar-refractivity contribution in [2.24, 2.45) is 4.99 Å². The number of hydrogen-bond donors (Lipinski definition) is 0. The summed E-state index contributed by atoms with van der Waals surface area (Å²) in [4.78, 5) is 17.7. The Morgan fingerprint density at radius 1 is 1.29 bits per heavy atom. The van der Waals surface area contributed by atoms with Crippen LogP contribution in [-0.4, -0.2) is 36.7 Å². The number of likely N-dealkylation sites (tertiary alicyclic amines) is 1. The third kappa shape index (κ3) is 2.93. The van der Waals surface area contributed by atoms with Crippen molar-refractivity contribution in [3.8, 4) is 0 Å². The SMILES string of the molecule is [CH]=NC(Cc1ccccc1)C(=O)N1CCCC1. The molecule has 0 aromatic heterocycles. The largest absolute Gasteiger partial charge is 0.341 e. The van der Waals surface area contributed by atoms with Gasteiger partial charge in [-0.1, -0.05) is 30.3 Å². The lowest BCUT2D eigenvalue weighted by Crippen LogP contribution is -2.37. The van der Waals surface area contributed by atoms with Gasteiger partial charge in [-0.05, 0) is 18.4 Å². The molecule has 2 rings (SSSR count). The molecule has 1 unspecified atom stereocenters. The molecular weight excluding hydrogens is 212 g/mol. The first-order chi connectivity index (χ1) is 8.31. The first-order valence-electron chi connectivity index (χ1n) is 6.04. The number of nitrogens with zero attached hydrogens (tertiary/aromatic N) is 2. The first-order valence-corrected chi connectivity index (χ1v) is 6.04. The van der Waals surface area contributed by atoms with Crippen molar-refractivity contribution in [3.63, 3.8) is 0 Å². The topological polar surface area (TPSA) is 32.7 Å². The summed E-state index contributed by atoms with van der Waals surface area (Å²) >= 11 is 0. The lowest BCUT2D eigenvalue weighted by atomic mass is 10.1. The van der Waals surface area contributed by atoms with E-state index in [0.29, 0.717) is 6.42 Å². The third-order valence-corrected chi connectivity index (χ3v) is 3.15. The van der Waals surface area contributed by atoms with E-state index in [-0.39, 0.29) is 5.91 Å². The number of carbonyl (C=O) groups is 1. The molecule has 0 bridgehead atoms. The molecule has 0 aliphatic carbocycles. The van der Waals surface area contributed by atoms with Crippen LogP contribution >= 0.6 is 0 Å². The molecule has 3 heteroatoms. The second-order valence-corrected chi connectivity index (χ2v) is 4.39. The number of carbonyl (C=O) groups excluding carboxylic acids is 1. The van der Waals surface area contributed by atoms with Gasteiger partial charge in [0.25, 0.3) is 0 Å². The van der Waals surface area contributed by atoms with Gasteiger partial charge in [0.1, 0.15) is 6.04 Å². The molecule has 1 saturated heterocycles. The Labute approximate surface area is 102 Å². The fraction of sp³-hybridized carbons (Fsp3) is 0.429. The maximum Gasteiger partial charge on any atom is 0.247 e. The summed E-state index contributed by atoms with van der Waals surface area (Å²) in [5, 5.41) is 0. The monoisotopic (exact) mass is 229 g/mol. The molecule has 0 N–H and O–H groups in total. The summed E-state index contributed by atoms with van der Waals surface area (Å²) in [6.45, 7) is 7.06. The molecule has 17 heavy (non-hydrogen) atoms. The summed E-state index contributed by atoms with van der Waals surface area (Å²) < 4.78 is 0. The minimum absolute atomic E-state index is 0.0638. The standard InChI is InChI=1S/C14H17N2O/c1-15-13(11-12-7-3-2-4-8-12)14(17)16-9-5-6-10-16/h1-4,7-8,13H,5-6,9-11H2. The maximum absolute atomic E-state index is 12.1. The van der Waals surface area contributed by atoms with Gasteiger partial charge in [-0.25, -0.2) is 0 Å². The Hall–Kier alpha value is -1.64. The Kier molecular flexibility index (Phi) is 3.91. The molecule has 0 spiro atoms. The Morgan fingerprint density at radius 2 is 1.94 bits per heavy atom. The van der Waals surface area contributed by atoms with E-state index in [2.05, 4.69) is 4.99 Å². The summed E-state index contributed by atoms with van der Waals surface area (Å²) in [5.41, 5.74) is 1.10. The van der Waals surface area contributed by atoms with Crippen LogP contribution in [0.3, 0.4) is 0 Å². The van der Waals surface area contributed by atoms with Crippen molar-refractivity contribution in [1.29, 1.82) is 0 Å². The van der Waals surface area contributed by atoms with Gasteiger partial charge in [-0.15, -0.1) is 0 Å². The summed E-state index contributed by atoms with van der Waals surface area (Å²) in [7, 11) is 0. The first kappa shape index (κ1) is 11.8. The molecule has 1 atom stereocenters. The fourth-order valence-electron chi connectivity index (χ4n) is 2.19. The predicted octanol–water partition coefficient (Wildman–Crippen LogP) is 1.80. The van der Waals surface area contributed by atoms with Gasteiger partial charge >= 0.3 is 0 Å². The third-order valence-electron chi connectivity index (χ3n) is 3.15. The molecule has 1 aliphatic rings. The Morgan fingerprint density at radius 3 is 2.53 bits per heavy atom. The summed E-state index contributed by atoms with van der Waals surface area (Å²) in [6.07, 6.45) is 2.77. The fourth-order valence-corrected chi connectivity index (χ4v) is 2.19. The van der Waals surface area contributed by atoms with E-state index in [4.69, 9.17) is 6.72 Å². The highest BCUT2D eigenvalue weighted by molar-refractivity contribution is 5.83. The number of benzene rings is 1. The number of aliphatic imine (C=N–C) groups is 1. The van der Waals surface area contributed by atoms with Gasteiger partial charge in [0.2, 0.25) is 5.91 Å². The average Bonchev–Trinajstić information content (AvgIpc) is 2.90. The van der Waals surface area contributed by atoms with Gasteiger partial charge in [0.05, 0.1) is 0 Å². The van der Waals surface area contributed by atoms with E-state index in [0.717, 1.165) is 31.5 Å². The smallest absolute Gasteiger partial charge is 0.247 e. The highest BCUT2D eigenvalue weighted by atomic mass is 16.2. The number of rotatable bonds is 4. The molecule has 1 fully saturated rings. The highest BCUT2D eigenvalue weighted by Crippen LogP contribution is 2.13. The molecule has 3 nitrogen and oxygen atoms in total. The van der Waals surface area contributed by atoms with E-state index in [1.54, 1.807) is 0 Å². The van der Waals surface area contributed by atoms with Crippen molar-refractivity contribution >= 4 is 12.6 Å². The van der Waals surface area contributed by atoms with Crippen LogP contribution in [0.15, 0.2) is 35.3 Å². The van der Waals surface area contributed by atoms with Crippen molar-refractivity contribution in [2.45, 2.75) is 25.3 Å². The lowest BCUT2D eigenvalue weighted by molar-refractivity contribution is -0.131. The van der Waals surface area contributed by atoms with E-state index < -0.39 is 6.04 Å². The molecule has 1 amide bonds. The van der Waals surface area contributed by atoms with E-state index in [1.165, 1.54) is 0 Å². The minimum Gasteiger partial charge on any atom is -0.341 e. The number of amides is 1. The van der Waals surface area contributed by atoms with E-state index >= 15 is 0 Å². The van der Waals surface area contributed by atoms with Crippen LogP contribution in [0, 0.1) is 0 Å². The van der Waals surface area contributed by atoms with Gasteiger partial charge in [-0.2, -0.15) is 0 Å². The van der Waals surface area contributed by atoms with Gasteiger partial charge in [-0.3, -0.25) is 9.79 Å². The van der Waals surface area contributed by atoms with Crippen LogP contribution in [0.1, 0.15) is 18.4 Å². The van der Waals surface area contributed by atoms with Crippen LogP contribution in [0.4, 0.5) is 0 Å². The maximum atomic E-state index is 12.1. The zero-order valence-electron chi connectivity index (χ0n) is 9.88. The Balaban J connectivity index is 2.01. The van der Waals surface area contributed by atoms with Crippen LogP contribution in [0.5, 0.6) is 0 Å². The van der Waals surface area contributed by atoms with Crippen LogP contribution in [0.25, 0.3) is 0 Å². The quantitative estimate of drug-likeness (QED) is 0.725. The average molecular weight is 229 g/mol. The molecule has 1 aromatic carbocycles. The van der Waals surface area contributed by atoms with E-state index in [9.17, 15) is 4.79 Å². The van der Waals surface area contributed by atoms with Crippen LogP contribution in [0.2, 0.25) is 0 Å². The predicted molar refractivity (Wildman–Crippen MR) is 68.2 cm³/mol. The zero-order chi connectivity index (χ0) is 12.1. The van der Waals surface area contributed by atoms with Crippen molar-refractivity contribution < 1.29 is 4.79 Å². The molecular formula is C14H17N2O. The van der Waals surface area contributed by atoms with Crippen molar-refractivity contribution in [1.82, 2.24) is 4.90 Å². The molecule has 1 heterocycles. The normalized spacial score (nSPS) is 16.8. The second kappa shape index (κ2) is 5.62. The van der Waals surface area contributed by atoms with Crippen LogP contribution < -0.4 is 0 Å². The molecule has 0 saturated carbocycles. The van der Waals surface area contributed by atoms with Gasteiger partial charge in [0, 0.05) is 26.2 Å². The minimum atomic E-state index is -0.435. The molecule has 89 valence electrons. The van der Waals surface area contributed by atoms with E-state index in [1.807, 2.05) is 35.2 Å².